The van der Waals surface area contributed by atoms with E-state index in [9.17, 15) is 9.59 Å². The highest BCUT2D eigenvalue weighted by molar-refractivity contribution is 9.10. The number of hydrogen-bond donors (Lipinski definition) is 1. The van der Waals surface area contributed by atoms with Crippen LogP contribution in [0.1, 0.15) is 12.8 Å². The third kappa shape index (κ3) is 4.09. The van der Waals surface area contributed by atoms with E-state index in [2.05, 4.69) is 26.0 Å². The molecule has 1 saturated heterocycles. The van der Waals surface area contributed by atoms with E-state index < -0.39 is 4.83 Å². The van der Waals surface area contributed by atoms with Gasteiger partial charge in [0.05, 0.1) is 7.11 Å². The molecule has 0 aromatic rings. The number of esters is 1. The summed E-state index contributed by atoms with van der Waals surface area (Å²) < 4.78 is 9.70. The lowest BCUT2D eigenvalue weighted by Gasteiger charge is -2.21. The summed E-state index contributed by atoms with van der Waals surface area (Å²) in [6.07, 6.45) is 1.49. The third-order valence-corrected chi connectivity index (χ3v) is 3.20. The number of methoxy groups -OCH3 is 1. The van der Waals surface area contributed by atoms with Gasteiger partial charge in [-0.2, -0.15) is 0 Å². The third-order valence-electron chi connectivity index (χ3n) is 2.50. The molecule has 0 aromatic heterocycles. The van der Waals surface area contributed by atoms with Crippen LogP contribution in [0.5, 0.6) is 0 Å². The Morgan fingerprint density at radius 2 is 2.12 bits per heavy atom. The van der Waals surface area contributed by atoms with Crippen LogP contribution >= 0.6 is 15.9 Å². The van der Waals surface area contributed by atoms with Gasteiger partial charge in [-0.3, -0.25) is 9.59 Å². The predicted octanol–water partition coefficient (Wildman–Crippen LogP) is 0.466. The first kappa shape index (κ1) is 13.4. The average molecular weight is 294 g/mol. The molecule has 0 bridgehead atoms. The zero-order valence-electron chi connectivity index (χ0n) is 9.20. The minimum Gasteiger partial charge on any atom is -0.468 e. The lowest BCUT2D eigenvalue weighted by atomic mass is 9.99. The average Bonchev–Trinajstić information content (AvgIpc) is 2.35. The van der Waals surface area contributed by atoms with Gasteiger partial charge in [-0.25, -0.2) is 0 Å². The van der Waals surface area contributed by atoms with Crippen molar-refractivity contribution in [1.82, 2.24) is 5.32 Å². The summed E-state index contributed by atoms with van der Waals surface area (Å²) in [6, 6.07) is 0. The number of rotatable bonds is 4. The molecule has 16 heavy (non-hydrogen) atoms. The Morgan fingerprint density at radius 3 is 2.69 bits per heavy atom. The molecular weight excluding hydrogens is 278 g/mol. The number of halogens is 1. The fourth-order valence-electron chi connectivity index (χ4n) is 1.51. The van der Waals surface area contributed by atoms with E-state index >= 15 is 0 Å². The van der Waals surface area contributed by atoms with Gasteiger partial charge in [0, 0.05) is 25.7 Å². The van der Waals surface area contributed by atoms with Crippen LogP contribution in [0.25, 0.3) is 0 Å². The number of ether oxygens (including phenoxy) is 2. The molecule has 0 spiro atoms. The van der Waals surface area contributed by atoms with E-state index in [1.165, 1.54) is 7.11 Å². The maximum atomic E-state index is 11.7. The standard InChI is InChI=1S/C10H16BrNO4/c1-15-10(14)8(11)6-12-9(13)7-2-4-16-5-3-7/h7-8H,2-6H2,1H3,(H,12,13). The molecule has 0 aliphatic carbocycles. The number of nitrogens with one attached hydrogen (secondary N) is 1. The Labute approximate surface area is 103 Å². The predicted molar refractivity (Wildman–Crippen MR) is 61.3 cm³/mol. The first-order chi connectivity index (χ1) is 7.65. The van der Waals surface area contributed by atoms with Gasteiger partial charge in [-0.1, -0.05) is 15.9 Å². The number of alkyl halides is 1. The van der Waals surface area contributed by atoms with Gasteiger partial charge < -0.3 is 14.8 Å². The van der Waals surface area contributed by atoms with Gasteiger partial charge in [0.25, 0.3) is 0 Å². The van der Waals surface area contributed by atoms with Crippen LogP contribution in [-0.2, 0) is 19.1 Å². The maximum absolute atomic E-state index is 11.7. The van der Waals surface area contributed by atoms with Crippen molar-refractivity contribution in [2.24, 2.45) is 5.92 Å². The number of carbonyl (C=O) groups is 2. The Morgan fingerprint density at radius 1 is 1.50 bits per heavy atom. The molecule has 1 aliphatic rings. The van der Waals surface area contributed by atoms with Crippen molar-refractivity contribution in [2.45, 2.75) is 17.7 Å². The lowest BCUT2D eigenvalue weighted by Crippen LogP contribution is -2.39. The summed E-state index contributed by atoms with van der Waals surface area (Å²) in [5.41, 5.74) is 0. The zero-order chi connectivity index (χ0) is 12.0. The first-order valence-electron chi connectivity index (χ1n) is 5.22. The molecule has 5 nitrogen and oxygen atoms in total. The number of amides is 1. The summed E-state index contributed by atoms with van der Waals surface area (Å²) >= 11 is 3.14. The summed E-state index contributed by atoms with van der Waals surface area (Å²) in [5, 5.41) is 2.73. The molecule has 1 fully saturated rings. The molecule has 1 N–H and O–H groups in total. The van der Waals surface area contributed by atoms with Gasteiger partial charge >= 0.3 is 5.97 Å². The molecule has 6 heteroatoms. The van der Waals surface area contributed by atoms with Crippen molar-refractivity contribution in [3.05, 3.63) is 0 Å². The minimum absolute atomic E-state index is 0.00565. The fraction of sp³-hybridized carbons (Fsp3) is 0.800. The molecule has 0 radical (unpaired) electrons. The molecule has 1 heterocycles. The Kier molecular flexibility index (Phi) is 5.76. The van der Waals surface area contributed by atoms with E-state index in [1.807, 2.05) is 0 Å². The van der Waals surface area contributed by atoms with E-state index in [0.29, 0.717) is 13.2 Å². The van der Waals surface area contributed by atoms with Crippen molar-refractivity contribution < 1.29 is 19.1 Å². The van der Waals surface area contributed by atoms with Crippen LogP contribution in [0.15, 0.2) is 0 Å². The summed E-state index contributed by atoms with van der Waals surface area (Å²) in [4.78, 5) is 22.2. The number of hydrogen-bond acceptors (Lipinski definition) is 4. The van der Waals surface area contributed by atoms with Gasteiger partial charge in [0.2, 0.25) is 5.91 Å². The van der Waals surface area contributed by atoms with Crippen LogP contribution in [0, 0.1) is 5.92 Å². The van der Waals surface area contributed by atoms with E-state index in [4.69, 9.17) is 4.74 Å². The largest absolute Gasteiger partial charge is 0.468 e. The molecule has 0 saturated carbocycles. The smallest absolute Gasteiger partial charge is 0.321 e. The first-order valence-corrected chi connectivity index (χ1v) is 6.14. The molecule has 1 aliphatic heterocycles. The molecule has 1 unspecified atom stereocenters. The van der Waals surface area contributed by atoms with Gasteiger partial charge in [-0.15, -0.1) is 0 Å². The molecule has 0 aromatic carbocycles. The monoisotopic (exact) mass is 293 g/mol. The van der Waals surface area contributed by atoms with Crippen molar-refractivity contribution in [2.75, 3.05) is 26.9 Å². The van der Waals surface area contributed by atoms with Crippen LogP contribution < -0.4 is 5.32 Å². The molecule has 1 atom stereocenters. The van der Waals surface area contributed by atoms with Crippen molar-refractivity contribution in [3.63, 3.8) is 0 Å². The van der Waals surface area contributed by atoms with Crippen LogP contribution in [0.4, 0.5) is 0 Å². The van der Waals surface area contributed by atoms with E-state index in [1.54, 1.807) is 0 Å². The van der Waals surface area contributed by atoms with E-state index in [-0.39, 0.29) is 24.3 Å². The van der Waals surface area contributed by atoms with Crippen molar-refractivity contribution in [3.8, 4) is 0 Å². The highest BCUT2D eigenvalue weighted by atomic mass is 79.9. The van der Waals surface area contributed by atoms with Crippen molar-refractivity contribution in [1.29, 1.82) is 0 Å². The lowest BCUT2D eigenvalue weighted by molar-refractivity contribution is -0.139. The highest BCUT2D eigenvalue weighted by Crippen LogP contribution is 2.14. The molecule has 1 amide bonds. The Balaban J connectivity index is 2.26. The topological polar surface area (TPSA) is 64.6 Å². The SMILES string of the molecule is COC(=O)C(Br)CNC(=O)C1CCOCC1. The second-order valence-electron chi connectivity index (χ2n) is 3.62. The maximum Gasteiger partial charge on any atom is 0.321 e. The highest BCUT2D eigenvalue weighted by Gasteiger charge is 2.23. The molecule has 1 rings (SSSR count). The summed E-state index contributed by atoms with van der Waals surface area (Å²) in [6.45, 7) is 1.52. The number of carbonyl (C=O) groups excluding carboxylic acids is 2. The Bertz CT molecular complexity index is 253. The summed E-state index contributed by atoms with van der Waals surface area (Å²) in [5.74, 6) is -0.393. The summed E-state index contributed by atoms with van der Waals surface area (Å²) in [7, 11) is 1.32. The zero-order valence-corrected chi connectivity index (χ0v) is 10.8. The van der Waals surface area contributed by atoms with Crippen molar-refractivity contribution >= 4 is 27.8 Å². The van der Waals surface area contributed by atoms with Crippen LogP contribution in [-0.4, -0.2) is 43.6 Å². The minimum atomic E-state index is -0.485. The Hall–Kier alpha value is -0.620. The van der Waals surface area contributed by atoms with Gasteiger partial charge in [0.15, 0.2) is 0 Å². The van der Waals surface area contributed by atoms with Crippen LogP contribution in [0.2, 0.25) is 0 Å². The van der Waals surface area contributed by atoms with Gasteiger partial charge in [0.1, 0.15) is 4.83 Å². The second-order valence-corrected chi connectivity index (χ2v) is 4.73. The second kappa shape index (κ2) is 6.85. The molecule has 92 valence electrons. The normalized spacial score (nSPS) is 18.9. The van der Waals surface area contributed by atoms with E-state index in [0.717, 1.165) is 12.8 Å². The fourth-order valence-corrected chi connectivity index (χ4v) is 1.85. The van der Waals surface area contributed by atoms with Crippen LogP contribution in [0.3, 0.4) is 0 Å². The quantitative estimate of drug-likeness (QED) is 0.604. The molecular formula is C10H16BrNO4. The van der Waals surface area contributed by atoms with Gasteiger partial charge in [-0.05, 0) is 12.8 Å².